The molecule has 0 aromatic heterocycles. The molecule has 2 aliphatic heterocycles. The number of esters is 1. The van der Waals surface area contributed by atoms with Crippen LogP contribution in [0.4, 0.5) is 0 Å². The predicted octanol–water partition coefficient (Wildman–Crippen LogP) is 1.50. The molecule has 0 bridgehead atoms. The molecule has 0 N–H and O–H groups in total. The molecule has 0 saturated carbocycles. The van der Waals surface area contributed by atoms with Gasteiger partial charge in [0.25, 0.3) is 0 Å². The third kappa shape index (κ3) is 3.14. The lowest BCUT2D eigenvalue weighted by Crippen LogP contribution is -2.35. The number of carbonyl (C=O) groups excluding carboxylic acids is 1. The quantitative estimate of drug-likeness (QED) is 0.580. The van der Waals surface area contributed by atoms with Crippen LogP contribution in [0.25, 0.3) is 0 Å². The van der Waals surface area contributed by atoms with Crippen molar-refractivity contribution in [1.29, 1.82) is 0 Å². The van der Waals surface area contributed by atoms with Gasteiger partial charge in [0, 0.05) is 0 Å². The molecule has 2 aliphatic rings. The Hall–Kier alpha value is -1.09. The van der Waals surface area contributed by atoms with E-state index >= 15 is 0 Å². The van der Waals surface area contributed by atoms with Gasteiger partial charge in [0.1, 0.15) is 12.2 Å². The van der Waals surface area contributed by atoms with Crippen LogP contribution in [-0.2, 0) is 23.7 Å². The second kappa shape index (κ2) is 5.72. The first-order valence-electron chi connectivity index (χ1n) is 6.90. The molecule has 5 atom stereocenters. The Morgan fingerprint density at radius 1 is 1.45 bits per heavy atom. The van der Waals surface area contributed by atoms with Crippen LogP contribution < -0.4 is 0 Å². The summed E-state index contributed by atoms with van der Waals surface area (Å²) in [4.78, 5) is 11.4. The first-order valence-corrected chi connectivity index (χ1v) is 6.90. The molecule has 5 heteroatoms. The summed E-state index contributed by atoms with van der Waals surface area (Å²) >= 11 is 0. The molecule has 0 radical (unpaired) electrons. The highest BCUT2D eigenvalue weighted by molar-refractivity contribution is 5.69. The fourth-order valence-corrected chi connectivity index (χ4v) is 2.83. The molecule has 2 rings (SSSR count). The summed E-state index contributed by atoms with van der Waals surface area (Å²) in [6.07, 6.45) is 5.54. The SMILES string of the molecule is C#C[C@H]1OC(C)(C)O[C@H]1[C@H]1C[C@@H](C)[C@H](CC(=O)OC)O1. The highest BCUT2D eigenvalue weighted by Gasteiger charge is 2.48. The maximum absolute atomic E-state index is 11.4. The number of methoxy groups -OCH3 is 1. The van der Waals surface area contributed by atoms with Crippen molar-refractivity contribution in [3.8, 4) is 12.3 Å². The van der Waals surface area contributed by atoms with Gasteiger partial charge in [-0.05, 0) is 26.2 Å². The average Bonchev–Trinajstić information content (AvgIpc) is 2.89. The molecule has 5 nitrogen and oxygen atoms in total. The Bertz CT molecular complexity index is 411. The van der Waals surface area contributed by atoms with E-state index in [2.05, 4.69) is 17.6 Å². The first kappa shape index (κ1) is 15.3. The smallest absolute Gasteiger partial charge is 0.308 e. The largest absolute Gasteiger partial charge is 0.469 e. The lowest BCUT2D eigenvalue weighted by molar-refractivity contribution is -0.159. The molecule has 0 aromatic rings. The molecule has 2 fully saturated rings. The zero-order valence-corrected chi connectivity index (χ0v) is 12.4. The van der Waals surface area contributed by atoms with Crippen LogP contribution in [0.5, 0.6) is 0 Å². The minimum absolute atomic E-state index is 0.150. The number of hydrogen-bond acceptors (Lipinski definition) is 5. The maximum Gasteiger partial charge on any atom is 0.308 e. The second-order valence-electron chi connectivity index (χ2n) is 5.89. The van der Waals surface area contributed by atoms with Crippen molar-refractivity contribution in [2.75, 3.05) is 7.11 Å². The zero-order chi connectivity index (χ0) is 14.9. The van der Waals surface area contributed by atoms with Gasteiger partial charge in [-0.2, -0.15) is 0 Å². The van der Waals surface area contributed by atoms with Crippen LogP contribution >= 0.6 is 0 Å². The van der Waals surface area contributed by atoms with E-state index in [9.17, 15) is 4.79 Å². The number of terminal acetylenes is 1. The normalized spacial score (nSPS) is 39.5. The molecule has 20 heavy (non-hydrogen) atoms. The molecule has 0 spiro atoms. The van der Waals surface area contributed by atoms with Crippen LogP contribution in [0.2, 0.25) is 0 Å². The highest BCUT2D eigenvalue weighted by Crippen LogP contribution is 2.38. The van der Waals surface area contributed by atoms with Gasteiger partial charge < -0.3 is 18.9 Å². The lowest BCUT2D eigenvalue weighted by atomic mass is 9.96. The van der Waals surface area contributed by atoms with Gasteiger partial charge in [-0.15, -0.1) is 6.42 Å². The summed E-state index contributed by atoms with van der Waals surface area (Å²) in [6, 6.07) is 0. The summed E-state index contributed by atoms with van der Waals surface area (Å²) in [5.41, 5.74) is 0. The maximum atomic E-state index is 11.4. The molecule has 0 amide bonds. The van der Waals surface area contributed by atoms with Gasteiger partial charge >= 0.3 is 5.97 Å². The Morgan fingerprint density at radius 2 is 2.15 bits per heavy atom. The van der Waals surface area contributed by atoms with E-state index in [1.54, 1.807) is 0 Å². The second-order valence-corrected chi connectivity index (χ2v) is 5.89. The van der Waals surface area contributed by atoms with Gasteiger partial charge in [-0.25, -0.2) is 0 Å². The van der Waals surface area contributed by atoms with Crippen molar-refractivity contribution in [2.45, 2.75) is 63.8 Å². The lowest BCUT2D eigenvalue weighted by Gasteiger charge is -2.21. The minimum Gasteiger partial charge on any atom is -0.469 e. The van der Waals surface area contributed by atoms with Crippen molar-refractivity contribution < 1.29 is 23.7 Å². The standard InChI is InChI=1S/C15H22O5/c1-6-10-14(20-15(3,4)19-10)12-7-9(2)11(18-12)8-13(16)17-5/h1,9-12,14H,7-8H2,2-5H3/t9-,10-,11+,12-,14-/m1/s1. The number of ether oxygens (including phenoxy) is 4. The Balaban J connectivity index is 2.01. The highest BCUT2D eigenvalue weighted by atomic mass is 16.8. The molecule has 112 valence electrons. The monoisotopic (exact) mass is 282 g/mol. The van der Waals surface area contributed by atoms with E-state index in [4.69, 9.17) is 20.6 Å². The summed E-state index contributed by atoms with van der Waals surface area (Å²) in [7, 11) is 1.38. The van der Waals surface area contributed by atoms with Gasteiger partial charge in [-0.3, -0.25) is 4.79 Å². The number of carbonyl (C=O) groups is 1. The van der Waals surface area contributed by atoms with E-state index in [1.165, 1.54) is 7.11 Å². The van der Waals surface area contributed by atoms with E-state index in [1.807, 2.05) is 13.8 Å². The van der Waals surface area contributed by atoms with Crippen LogP contribution in [-0.4, -0.2) is 43.3 Å². The van der Waals surface area contributed by atoms with Crippen molar-refractivity contribution in [3.63, 3.8) is 0 Å². The molecular formula is C15H22O5. The van der Waals surface area contributed by atoms with Crippen molar-refractivity contribution in [2.24, 2.45) is 5.92 Å². The van der Waals surface area contributed by atoms with E-state index < -0.39 is 11.9 Å². The van der Waals surface area contributed by atoms with Crippen LogP contribution in [0.3, 0.4) is 0 Å². The van der Waals surface area contributed by atoms with E-state index in [0.29, 0.717) is 0 Å². The van der Waals surface area contributed by atoms with Gasteiger partial charge in [0.2, 0.25) is 0 Å². The number of rotatable bonds is 3. The van der Waals surface area contributed by atoms with Gasteiger partial charge in [0.15, 0.2) is 5.79 Å². The zero-order valence-electron chi connectivity index (χ0n) is 12.4. The Labute approximate surface area is 119 Å². The van der Waals surface area contributed by atoms with E-state index in [-0.39, 0.29) is 36.6 Å². The molecule has 0 unspecified atom stereocenters. The third-order valence-corrected chi connectivity index (χ3v) is 3.84. The van der Waals surface area contributed by atoms with Gasteiger partial charge in [-0.1, -0.05) is 12.8 Å². The van der Waals surface area contributed by atoms with Crippen LogP contribution in [0.15, 0.2) is 0 Å². The van der Waals surface area contributed by atoms with Crippen molar-refractivity contribution >= 4 is 5.97 Å². The summed E-state index contributed by atoms with van der Waals surface area (Å²) < 4.78 is 22.2. The summed E-state index contributed by atoms with van der Waals surface area (Å²) in [5.74, 6) is 1.90. The summed E-state index contributed by atoms with van der Waals surface area (Å²) in [6.45, 7) is 5.72. The minimum atomic E-state index is -0.700. The topological polar surface area (TPSA) is 54.0 Å². The Kier molecular flexibility index (Phi) is 4.38. The third-order valence-electron chi connectivity index (χ3n) is 3.84. The van der Waals surface area contributed by atoms with Crippen molar-refractivity contribution in [1.82, 2.24) is 0 Å². The predicted molar refractivity (Wildman–Crippen MR) is 71.7 cm³/mol. The van der Waals surface area contributed by atoms with Crippen LogP contribution in [0, 0.1) is 18.3 Å². The molecule has 2 saturated heterocycles. The molecule has 0 aromatic carbocycles. The van der Waals surface area contributed by atoms with E-state index in [0.717, 1.165) is 6.42 Å². The molecule has 2 heterocycles. The first-order chi connectivity index (χ1) is 9.36. The summed E-state index contributed by atoms with van der Waals surface area (Å²) in [5, 5.41) is 0. The Morgan fingerprint density at radius 3 is 2.75 bits per heavy atom. The molecule has 0 aliphatic carbocycles. The fourth-order valence-electron chi connectivity index (χ4n) is 2.83. The van der Waals surface area contributed by atoms with Gasteiger partial charge in [0.05, 0.1) is 25.7 Å². The molecular weight excluding hydrogens is 260 g/mol. The fraction of sp³-hybridized carbons (Fsp3) is 0.800. The number of hydrogen-bond donors (Lipinski definition) is 0. The average molecular weight is 282 g/mol. The van der Waals surface area contributed by atoms with Crippen LogP contribution in [0.1, 0.15) is 33.6 Å². The van der Waals surface area contributed by atoms with Crippen molar-refractivity contribution in [3.05, 3.63) is 0 Å².